The zero-order valence-corrected chi connectivity index (χ0v) is 17.5. The molecule has 0 atom stereocenters. The van der Waals surface area contributed by atoms with E-state index in [1.165, 1.54) is 67.8 Å². The molecule has 162 valence electrons. The summed E-state index contributed by atoms with van der Waals surface area (Å²) in [5.74, 6) is -2.37. The summed E-state index contributed by atoms with van der Waals surface area (Å²) >= 11 is 0. The summed E-state index contributed by atoms with van der Waals surface area (Å²) in [5.41, 5.74) is 0.388. The molecule has 0 aliphatic rings. The van der Waals surface area contributed by atoms with E-state index in [1.807, 2.05) is 0 Å². The lowest BCUT2D eigenvalue weighted by Gasteiger charge is -2.20. The van der Waals surface area contributed by atoms with Crippen molar-refractivity contribution < 1.29 is 26.7 Å². The maximum Gasteiger partial charge on any atom is 0.262 e. The van der Waals surface area contributed by atoms with Crippen molar-refractivity contribution >= 4 is 21.6 Å². The van der Waals surface area contributed by atoms with E-state index in [4.69, 9.17) is 4.74 Å². The molecule has 3 aromatic rings. The number of carbonyl (C=O) groups is 1. The van der Waals surface area contributed by atoms with E-state index in [1.54, 1.807) is 0 Å². The van der Waals surface area contributed by atoms with Crippen LogP contribution in [0.15, 0.2) is 65.8 Å². The molecule has 7 nitrogen and oxygen atoms in total. The van der Waals surface area contributed by atoms with Crippen molar-refractivity contribution in [2.75, 3.05) is 18.9 Å². The molecule has 3 rings (SSSR count). The Labute approximate surface area is 178 Å². The van der Waals surface area contributed by atoms with Crippen molar-refractivity contribution in [2.45, 2.75) is 11.4 Å². The molecule has 0 spiro atoms. The molecule has 1 amide bonds. The fourth-order valence-corrected chi connectivity index (χ4v) is 4.16. The van der Waals surface area contributed by atoms with Crippen molar-refractivity contribution in [1.82, 2.24) is 9.88 Å². The highest BCUT2D eigenvalue weighted by Gasteiger charge is 2.25. The molecule has 0 saturated carbocycles. The van der Waals surface area contributed by atoms with Gasteiger partial charge in [-0.3, -0.25) is 14.5 Å². The lowest BCUT2D eigenvalue weighted by Crippen LogP contribution is -2.28. The largest absolute Gasteiger partial charge is 0.494 e. The van der Waals surface area contributed by atoms with Gasteiger partial charge in [-0.15, -0.1) is 0 Å². The SMILES string of the molecule is COc1ccncc1NS(=O)(=O)c1ccccc1C(=O)N(C)Cc1ccc(F)c(F)c1. The van der Waals surface area contributed by atoms with Gasteiger partial charge in [0.2, 0.25) is 0 Å². The Morgan fingerprint density at radius 3 is 2.58 bits per heavy atom. The van der Waals surface area contributed by atoms with Gasteiger partial charge in [0.15, 0.2) is 11.6 Å². The van der Waals surface area contributed by atoms with Crippen molar-refractivity contribution in [3.63, 3.8) is 0 Å². The normalized spacial score (nSPS) is 11.1. The second-order valence-corrected chi connectivity index (χ2v) is 8.24. The van der Waals surface area contributed by atoms with Crippen LogP contribution in [0.5, 0.6) is 5.75 Å². The van der Waals surface area contributed by atoms with Crippen molar-refractivity contribution in [2.24, 2.45) is 0 Å². The van der Waals surface area contributed by atoms with Crippen LogP contribution in [-0.4, -0.2) is 38.4 Å². The number of hydrogen-bond donors (Lipinski definition) is 1. The minimum atomic E-state index is -4.17. The summed E-state index contributed by atoms with van der Waals surface area (Å²) in [6.07, 6.45) is 2.73. The number of pyridine rings is 1. The third-order valence-corrected chi connectivity index (χ3v) is 5.83. The summed E-state index contributed by atoms with van der Waals surface area (Å²) < 4.78 is 60.1. The average molecular weight is 447 g/mol. The lowest BCUT2D eigenvalue weighted by atomic mass is 10.1. The van der Waals surface area contributed by atoms with E-state index in [-0.39, 0.29) is 28.4 Å². The lowest BCUT2D eigenvalue weighted by molar-refractivity contribution is 0.0781. The van der Waals surface area contributed by atoms with Gasteiger partial charge in [0, 0.05) is 25.9 Å². The van der Waals surface area contributed by atoms with E-state index in [0.29, 0.717) is 5.56 Å². The van der Waals surface area contributed by atoms with E-state index >= 15 is 0 Å². The summed E-state index contributed by atoms with van der Waals surface area (Å²) in [7, 11) is -1.35. The molecule has 0 aliphatic carbocycles. The number of aromatic nitrogens is 1. The van der Waals surface area contributed by atoms with Crippen LogP contribution in [0.2, 0.25) is 0 Å². The first-order valence-electron chi connectivity index (χ1n) is 9.02. The van der Waals surface area contributed by atoms with Gasteiger partial charge in [-0.2, -0.15) is 0 Å². The van der Waals surface area contributed by atoms with Crippen LogP contribution >= 0.6 is 0 Å². The number of hydrogen-bond acceptors (Lipinski definition) is 5. The summed E-state index contributed by atoms with van der Waals surface area (Å²) in [5, 5.41) is 0. The zero-order valence-electron chi connectivity index (χ0n) is 16.7. The number of halogens is 2. The predicted octanol–water partition coefficient (Wildman–Crippen LogP) is 3.44. The van der Waals surface area contributed by atoms with Gasteiger partial charge >= 0.3 is 0 Å². The second-order valence-electron chi connectivity index (χ2n) is 6.59. The maximum atomic E-state index is 13.5. The molecule has 0 fully saturated rings. The van der Waals surface area contributed by atoms with Gasteiger partial charge in [-0.25, -0.2) is 17.2 Å². The molecule has 0 aliphatic heterocycles. The van der Waals surface area contributed by atoms with Gasteiger partial charge in [0.05, 0.1) is 18.9 Å². The first-order chi connectivity index (χ1) is 14.7. The topological polar surface area (TPSA) is 88.6 Å². The summed E-state index contributed by atoms with van der Waals surface area (Å²) in [6.45, 7) is -0.0473. The molecule has 1 aromatic heterocycles. The number of carbonyl (C=O) groups excluding carboxylic acids is 1. The third-order valence-electron chi connectivity index (χ3n) is 4.40. The standard InChI is InChI=1S/C21H19F2N3O4S/c1-26(13-14-7-8-16(22)17(23)11-14)21(27)15-5-3-4-6-20(15)31(28,29)25-18-12-24-10-9-19(18)30-2/h3-12,25H,13H2,1-2H3. The molecule has 1 N–H and O–H groups in total. The molecule has 0 saturated heterocycles. The Kier molecular flexibility index (Phi) is 6.50. The molecule has 31 heavy (non-hydrogen) atoms. The Morgan fingerprint density at radius 2 is 1.87 bits per heavy atom. The Morgan fingerprint density at radius 1 is 1.13 bits per heavy atom. The number of nitrogens with one attached hydrogen (secondary N) is 1. The van der Waals surface area contributed by atoms with Crippen LogP contribution in [-0.2, 0) is 16.6 Å². The monoisotopic (exact) mass is 447 g/mol. The van der Waals surface area contributed by atoms with E-state index in [9.17, 15) is 22.0 Å². The van der Waals surface area contributed by atoms with Gasteiger partial charge in [0.25, 0.3) is 15.9 Å². The zero-order chi connectivity index (χ0) is 22.6. The van der Waals surface area contributed by atoms with Gasteiger partial charge in [0.1, 0.15) is 16.3 Å². The number of amides is 1. The van der Waals surface area contributed by atoms with Crippen LogP contribution in [0.1, 0.15) is 15.9 Å². The summed E-state index contributed by atoms with van der Waals surface area (Å²) in [6, 6.07) is 10.5. The molecule has 2 aromatic carbocycles. The van der Waals surface area contributed by atoms with Crippen LogP contribution in [0.3, 0.4) is 0 Å². The maximum absolute atomic E-state index is 13.5. The Balaban J connectivity index is 1.89. The first-order valence-corrected chi connectivity index (χ1v) is 10.5. The highest BCUT2D eigenvalue weighted by molar-refractivity contribution is 7.92. The van der Waals surface area contributed by atoms with Crippen LogP contribution in [0.4, 0.5) is 14.5 Å². The van der Waals surface area contributed by atoms with Crippen molar-refractivity contribution in [3.05, 3.63) is 83.7 Å². The van der Waals surface area contributed by atoms with Gasteiger partial charge in [-0.1, -0.05) is 18.2 Å². The van der Waals surface area contributed by atoms with Crippen molar-refractivity contribution in [1.29, 1.82) is 0 Å². The molecular weight excluding hydrogens is 428 g/mol. The number of benzene rings is 2. The number of nitrogens with zero attached hydrogens (tertiary/aromatic N) is 2. The molecule has 0 bridgehead atoms. The molecule has 0 unspecified atom stereocenters. The molecule has 10 heteroatoms. The smallest absolute Gasteiger partial charge is 0.262 e. The Bertz CT molecular complexity index is 1220. The molecule has 0 radical (unpaired) electrons. The fraction of sp³-hybridized carbons (Fsp3) is 0.143. The van der Waals surface area contributed by atoms with Crippen LogP contribution < -0.4 is 9.46 Å². The average Bonchev–Trinajstić information content (AvgIpc) is 2.76. The summed E-state index contributed by atoms with van der Waals surface area (Å²) in [4.78, 5) is 17.8. The predicted molar refractivity (Wildman–Crippen MR) is 110 cm³/mol. The minimum Gasteiger partial charge on any atom is -0.494 e. The number of sulfonamides is 1. The number of anilines is 1. The van der Waals surface area contributed by atoms with Crippen molar-refractivity contribution in [3.8, 4) is 5.75 Å². The van der Waals surface area contributed by atoms with Crippen LogP contribution in [0.25, 0.3) is 0 Å². The highest BCUT2D eigenvalue weighted by atomic mass is 32.2. The van der Waals surface area contributed by atoms with Gasteiger partial charge < -0.3 is 9.64 Å². The van der Waals surface area contributed by atoms with E-state index < -0.39 is 27.6 Å². The minimum absolute atomic E-state index is 0.0473. The molecular formula is C21H19F2N3O4S. The second kappa shape index (κ2) is 9.09. The van der Waals surface area contributed by atoms with E-state index in [2.05, 4.69) is 9.71 Å². The highest BCUT2D eigenvalue weighted by Crippen LogP contribution is 2.27. The van der Waals surface area contributed by atoms with Crippen LogP contribution in [0, 0.1) is 11.6 Å². The third kappa shape index (κ3) is 4.97. The molecule has 1 heterocycles. The van der Waals surface area contributed by atoms with E-state index in [0.717, 1.165) is 12.1 Å². The number of ether oxygens (including phenoxy) is 1. The first kappa shape index (κ1) is 22.2. The quantitative estimate of drug-likeness (QED) is 0.600. The Hall–Kier alpha value is -3.53. The fourth-order valence-electron chi connectivity index (χ4n) is 2.90. The van der Waals surface area contributed by atoms with Gasteiger partial charge in [-0.05, 0) is 29.8 Å². The number of methoxy groups -OCH3 is 1. The number of rotatable bonds is 7.